The van der Waals surface area contributed by atoms with E-state index in [4.69, 9.17) is 9.72 Å². The predicted octanol–water partition coefficient (Wildman–Crippen LogP) is 2.97. The van der Waals surface area contributed by atoms with Crippen LogP contribution in [0.15, 0.2) is 30.6 Å². The van der Waals surface area contributed by atoms with Crippen molar-refractivity contribution < 1.29 is 9.53 Å². The topological polar surface area (TPSA) is 82.3 Å². The zero-order chi connectivity index (χ0) is 21.1. The maximum atomic E-state index is 12.4. The number of aromatic nitrogens is 2. The summed E-state index contributed by atoms with van der Waals surface area (Å²) in [5, 5.41) is 9.86. The number of amides is 1. The first-order chi connectivity index (χ1) is 14.6. The van der Waals surface area contributed by atoms with Gasteiger partial charge in [0.15, 0.2) is 0 Å². The summed E-state index contributed by atoms with van der Waals surface area (Å²) >= 11 is 0. The van der Waals surface area contributed by atoms with Crippen molar-refractivity contribution in [3.63, 3.8) is 0 Å². The van der Waals surface area contributed by atoms with Gasteiger partial charge in [-0.1, -0.05) is 0 Å². The van der Waals surface area contributed by atoms with Gasteiger partial charge in [0.25, 0.3) is 0 Å². The van der Waals surface area contributed by atoms with Gasteiger partial charge < -0.3 is 14.5 Å². The second-order valence-electron chi connectivity index (χ2n) is 8.04. The summed E-state index contributed by atoms with van der Waals surface area (Å²) in [7, 11) is 1.61. The van der Waals surface area contributed by atoms with Crippen molar-refractivity contribution >= 4 is 11.7 Å². The van der Waals surface area contributed by atoms with Crippen LogP contribution in [0.1, 0.15) is 43.4 Å². The van der Waals surface area contributed by atoms with Crippen molar-refractivity contribution in [2.75, 3.05) is 38.3 Å². The first kappa shape index (κ1) is 20.3. The molecule has 7 nitrogen and oxygen atoms in total. The van der Waals surface area contributed by atoms with E-state index in [2.05, 4.69) is 22.9 Å². The molecule has 2 fully saturated rings. The molecule has 1 saturated carbocycles. The number of hydrogen-bond acceptors (Lipinski definition) is 6. The fourth-order valence-corrected chi connectivity index (χ4v) is 4.12. The first-order valence-corrected chi connectivity index (χ1v) is 10.5. The molecule has 0 radical (unpaired) electrons. The lowest BCUT2D eigenvalue weighted by atomic mass is 10.00. The number of hydrogen-bond donors (Lipinski definition) is 0. The van der Waals surface area contributed by atoms with Gasteiger partial charge in [-0.2, -0.15) is 5.26 Å². The van der Waals surface area contributed by atoms with Crippen molar-refractivity contribution in [2.45, 2.75) is 38.1 Å². The maximum Gasteiger partial charge on any atom is 0.225 e. The molecule has 4 rings (SSSR count). The Bertz CT molecular complexity index is 952. The molecule has 0 bridgehead atoms. The Morgan fingerprint density at radius 1 is 1.30 bits per heavy atom. The highest BCUT2D eigenvalue weighted by atomic mass is 16.5. The second-order valence-corrected chi connectivity index (χ2v) is 8.04. The fraction of sp³-hybridized carbons (Fsp3) is 0.478. The average Bonchev–Trinajstić information content (AvgIpc) is 3.62. The number of carbonyl (C=O) groups is 1. The minimum atomic E-state index is 0.0562. The molecular weight excluding hydrogens is 378 g/mol. The fourth-order valence-electron chi connectivity index (χ4n) is 4.12. The number of anilines is 1. The minimum Gasteiger partial charge on any atom is -0.384 e. The summed E-state index contributed by atoms with van der Waals surface area (Å²) in [5.41, 5.74) is 3.73. The molecule has 1 aliphatic carbocycles. The van der Waals surface area contributed by atoms with Crippen LogP contribution in [0.4, 0.5) is 5.82 Å². The third-order valence-corrected chi connectivity index (χ3v) is 5.88. The van der Waals surface area contributed by atoms with Gasteiger partial charge in [-0.05, 0) is 43.5 Å². The van der Waals surface area contributed by atoms with Crippen molar-refractivity contribution in [1.29, 1.82) is 5.26 Å². The molecule has 0 spiro atoms. The van der Waals surface area contributed by atoms with E-state index >= 15 is 0 Å². The smallest absolute Gasteiger partial charge is 0.225 e. The van der Waals surface area contributed by atoms with Gasteiger partial charge in [0.1, 0.15) is 11.9 Å². The normalized spacial score (nSPS) is 18.9. The van der Waals surface area contributed by atoms with Gasteiger partial charge in [0.2, 0.25) is 5.91 Å². The molecule has 3 heterocycles. The van der Waals surface area contributed by atoms with Crippen LogP contribution in [0.5, 0.6) is 0 Å². The second kappa shape index (κ2) is 8.80. The molecule has 2 aromatic heterocycles. The maximum absolute atomic E-state index is 12.4. The zero-order valence-corrected chi connectivity index (χ0v) is 17.5. The molecule has 30 heavy (non-hydrogen) atoms. The van der Waals surface area contributed by atoms with Gasteiger partial charge in [0.05, 0.1) is 24.3 Å². The lowest BCUT2D eigenvalue weighted by molar-refractivity contribution is -0.134. The summed E-state index contributed by atoms with van der Waals surface area (Å²) in [6, 6.07) is 8.32. The SMILES string of the molecule is COCCC(=O)N1CCN(c2nc(C3CC3)c(-c3ccncc3)cc2C#N)CC1C. The van der Waals surface area contributed by atoms with E-state index in [1.807, 2.05) is 23.1 Å². The Morgan fingerprint density at radius 2 is 2.07 bits per heavy atom. The van der Waals surface area contributed by atoms with Crippen molar-refractivity contribution in [1.82, 2.24) is 14.9 Å². The predicted molar refractivity (Wildman–Crippen MR) is 114 cm³/mol. The molecule has 1 amide bonds. The van der Waals surface area contributed by atoms with Gasteiger partial charge in [-0.25, -0.2) is 4.98 Å². The molecule has 1 saturated heterocycles. The summed E-state index contributed by atoms with van der Waals surface area (Å²) in [6.45, 7) is 4.45. The summed E-state index contributed by atoms with van der Waals surface area (Å²) in [5.74, 6) is 1.31. The zero-order valence-electron chi connectivity index (χ0n) is 17.5. The van der Waals surface area contributed by atoms with Crippen molar-refractivity contribution in [2.24, 2.45) is 0 Å². The highest BCUT2D eigenvalue weighted by Crippen LogP contribution is 2.44. The van der Waals surface area contributed by atoms with E-state index < -0.39 is 0 Å². The standard InChI is InChI=1S/C23H27N5O2/c1-16-15-27(10-11-28(16)21(29)7-12-30-2)23-19(14-24)13-20(17-5-8-25-9-6-17)22(26-23)18-3-4-18/h5-6,8-9,13,16,18H,3-4,7,10-12,15H2,1-2H3. The first-order valence-electron chi connectivity index (χ1n) is 10.5. The monoisotopic (exact) mass is 405 g/mol. The van der Waals surface area contributed by atoms with Crippen LogP contribution in [-0.4, -0.2) is 60.2 Å². The Balaban J connectivity index is 1.61. The number of piperazine rings is 1. The number of pyridine rings is 2. The Labute approximate surface area is 177 Å². The Hall–Kier alpha value is -2.98. The molecule has 2 aliphatic rings. The van der Waals surface area contributed by atoms with E-state index in [1.54, 1.807) is 19.5 Å². The third-order valence-electron chi connectivity index (χ3n) is 5.88. The minimum absolute atomic E-state index is 0.0562. The van der Waals surface area contributed by atoms with E-state index in [-0.39, 0.29) is 11.9 Å². The summed E-state index contributed by atoms with van der Waals surface area (Å²) in [4.78, 5) is 25.6. The van der Waals surface area contributed by atoms with Crippen LogP contribution in [0.3, 0.4) is 0 Å². The number of rotatable bonds is 6. The number of ether oxygens (including phenoxy) is 1. The quantitative estimate of drug-likeness (QED) is 0.735. The molecule has 1 atom stereocenters. The highest BCUT2D eigenvalue weighted by Gasteiger charge is 2.33. The van der Waals surface area contributed by atoms with Gasteiger partial charge in [0, 0.05) is 56.7 Å². The van der Waals surface area contributed by atoms with Crippen LogP contribution in [0.2, 0.25) is 0 Å². The summed E-state index contributed by atoms with van der Waals surface area (Å²) < 4.78 is 5.04. The number of carbonyl (C=O) groups excluding carboxylic acids is 1. The van der Waals surface area contributed by atoms with Gasteiger partial charge in [-0.15, -0.1) is 0 Å². The Kier molecular flexibility index (Phi) is 5.96. The summed E-state index contributed by atoms with van der Waals surface area (Å²) in [6.07, 6.45) is 6.21. The molecule has 1 aliphatic heterocycles. The van der Waals surface area contributed by atoms with Crippen molar-refractivity contribution in [3.8, 4) is 17.2 Å². The molecule has 2 aromatic rings. The van der Waals surface area contributed by atoms with Gasteiger partial charge in [-0.3, -0.25) is 9.78 Å². The van der Waals surface area contributed by atoms with Crippen LogP contribution in [0.25, 0.3) is 11.1 Å². The van der Waals surface area contributed by atoms with Crippen LogP contribution in [-0.2, 0) is 9.53 Å². The van der Waals surface area contributed by atoms with E-state index in [0.717, 1.165) is 35.5 Å². The largest absolute Gasteiger partial charge is 0.384 e. The molecular formula is C23H27N5O2. The third kappa shape index (κ3) is 4.14. The number of nitriles is 1. The molecule has 156 valence electrons. The van der Waals surface area contributed by atoms with E-state index in [0.29, 0.717) is 44.1 Å². The van der Waals surface area contributed by atoms with Crippen LogP contribution < -0.4 is 4.90 Å². The average molecular weight is 406 g/mol. The Morgan fingerprint density at radius 3 is 2.70 bits per heavy atom. The van der Waals surface area contributed by atoms with Crippen LogP contribution >= 0.6 is 0 Å². The van der Waals surface area contributed by atoms with Crippen molar-refractivity contribution in [3.05, 3.63) is 41.9 Å². The lowest BCUT2D eigenvalue weighted by Gasteiger charge is -2.41. The number of methoxy groups -OCH3 is 1. The molecule has 7 heteroatoms. The van der Waals surface area contributed by atoms with Crippen LogP contribution in [0, 0.1) is 11.3 Å². The molecule has 0 N–H and O–H groups in total. The van der Waals surface area contributed by atoms with E-state index in [1.165, 1.54) is 0 Å². The lowest BCUT2D eigenvalue weighted by Crippen LogP contribution is -2.54. The van der Waals surface area contributed by atoms with Gasteiger partial charge >= 0.3 is 0 Å². The molecule has 0 aromatic carbocycles. The highest BCUT2D eigenvalue weighted by molar-refractivity contribution is 5.77. The molecule has 1 unspecified atom stereocenters. The van der Waals surface area contributed by atoms with E-state index in [9.17, 15) is 10.1 Å². The number of nitrogens with zero attached hydrogens (tertiary/aromatic N) is 5.